The predicted molar refractivity (Wildman–Crippen MR) is 90.5 cm³/mol. The van der Waals surface area contributed by atoms with Crippen LogP contribution in [0.15, 0.2) is 36.7 Å². The van der Waals surface area contributed by atoms with E-state index in [0.29, 0.717) is 17.2 Å². The summed E-state index contributed by atoms with van der Waals surface area (Å²) in [4.78, 5) is 29.2. The third kappa shape index (κ3) is 2.61. The summed E-state index contributed by atoms with van der Waals surface area (Å²) in [7, 11) is 0. The Morgan fingerprint density at radius 3 is 2.78 bits per heavy atom. The molecule has 1 atom stereocenters. The molecule has 2 aliphatic heterocycles. The van der Waals surface area contributed by atoms with Crippen LogP contribution in [0, 0.1) is 0 Å². The van der Waals surface area contributed by atoms with Gasteiger partial charge in [0.25, 0.3) is 5.91 Å². The van der Waals surface area contributed by atoms with Crippen molar-refractivity contribution in [2.75, 3.05) is 24.7 Å². The molecule has 6 heteroatoms. The Morgan fingerprint density at radius 2 is 2.00 bits per heavy atom. The fourth-order valence-corrected chi connectivity index (χ4v) is 4.48. The van der Waals surface area contributed by atoms with Gasteiger partial charge in [-0.2, -0.15) is 0 Å². The summed E-state index contributed by atoms with van der Waals surface area (Å²) in [6.45, 7) is 1.66. The van der Waals surface area contributed by atoms with Gasteiger partial charge in [-0.1, -0.05) is 6.07 Å². The van der Waals surface area contributed by atoms with Crippen LogP contribution in [0.25, 0.3) is 5.52 Å². The normalized spacial score (nSPS) is 21.3. The number of hydrogen-bond acceptors (Lipinski definition) is 3. The van der Waals surface area contributed by atoms with Crippen LogP contribution in [-0.2, 0) is 4.79 Å². The summed E-state index contributed by atoms with van der Waals surface area (Å²) in [6, 6.07) is 7.45. The first-order valence-corrected chi connectivity index (χ1v) is 9.14. The van der Waals surface area contributed by atoms with E-state index in [0.717, 1.165) is 31.4 Å². The van der Waals surface area contributed by atoms with E-state index >= 15 is 0 Å². The molecule has 23 heavy (non-hydrogen) atoms. The highest BCUT2D eigenvalue weighted by Gasteiger charge is 2.38. The topological polar surface area (TPSA) is 45.0 Å². The van der Waals surface area contributed by atoms with Gasteiger partial charge in [-0.05, 0) is 31.0 Å². The first-order valence-electron chi connectivity index (χ1n) is 7.98. The maximum absolute atomic E-state index is 12.9. The third-order valence-corrected chi connectivity index (χ3v) is 5.61. The quantitative estimate of drug-likeness (QED) is 0.847. The summed E-state index contributed by atoms with van der Waals surface area (Å²) in [5.74, 6) is 1.37. The third-order valence-electron chi connectivity index (χ3n) is 4.60. The molecular weight excluding hydrogens is 310 g/mol. The number of aromatic nitrogens is 1. The summed E-state index contributed by atoms with van der Waals surface area (Å²) < 4.78 is 1.94. The zero-order chi connectivity index (χ0) is 15.8. The van der Waals surface area contributed by atoms with Crippen molar-refractivity contribution in [2.45, 2.75) is 18.9 Å². The highest BCUT2D eigenvalue weighted by molar-refractivity contribution is 7.99. The first-order chi connectivity index (χ1) is 11.2. The van der Waals surface area contributed by atoms with Gasteiger partial charge in [0.15, 0.2) is 0 Å². The lowest BCUT2D eigenvalue weighted by atomic mass is 10.2. The summed E-state index contributed by atoms with van der Waals surface area (Å²) >= 11 is 1.66. The molecule has 0 radical (unpaired) electrons. The minimum absolute atomic E-state index is 0.0451. The highest BCUT2D eigenvalue weighted by atomic mass is 32.2. The number of pyridine rings is 1. The van der Waals surface area contributed by atoms with Gasteiger partial charge in [0.05, 0.1) is 11.4 Å². The molecule has 0 N–H and O–H groups in total. The number of nitrogens with zero attached hydrogens (tertiary/aromatic N) is 3. The number of thioether (sulfide) groups is 1. The number of rotatable bonds is 2. The Kier molecular flexibility index (Phi) is 3.77. The summed E-state index contributed by atoms with van der Waals surface area (Å²) in [6.07, 6.45) is 5.92. The second-order valence-corrected chi connectivity index (χ2v) is 7.08. The molecule has 0 unspecified atom stereocenters. The van der Waals surface area contributed by atoms with Crippen LogP contribution in [0.2, 0.25) is 0 Å². The van der Waals surface area contributed by atoms with Crippen molar-refractivity contribution >= 4 is 29.1 Å². The minimum atomic E-state index is -0.311. The van der Waals surface area contributed by atoms with E-state index in [9.17, 15) is 9.59 Å². The Balaban J connectivity index is 1.57. The highest BCUT2D eigenvalue weighted by Crippen LogP contribution is 2.26. The van der Waals surface area contributed by atoms with E-state index < -0.39 is 0 Å². The monoisotopic (exact) mass is 329 g/mol. The van der Waals surface area contributed by atoms with E-state index in [1.807, 2.05) is 46.0 Å². The van der Waals surface area contributed by atoms with E-state index in [-0.39, 0.29) is 17.9 Å². The van der Waals surface area contributed by atoms with Crippen LogP contribution in [0.4, 0.5) is 0 Å². The van der Waals surface area contributed by atoms with Crippen molar-refractivity contribution in [3.63, 3.8) is 0 Å². The molecule has 0 aliphatic carbocycles. The SMILES string of the molecule is O=C([C@@H]1CSCN1C(=O)c1cc2ccccn2c1)N1CCCC1. The van der Waals surface area contributed by atoms with Gasteiger partial charge >= 0.3 is 0 Å². The molecule has 0 saturated carbocycles. The van der Waals surface area contributed by atoms with E-state index in [1.54, 1.807) is 16.7 Å². The van der Waals surface area contributed by atoms with Gasteiger partial charge in [0.1, 0.15) is 6.04 Å². The molecule has 0 bridgehead atoms. The van der Waals surface area contributed by atoms with Crippen LogP contribution < -0.4 is 0 Å². The summed E-state index contributed by atoms with van der Waals surface area (Å²) in [5.41, 5.74) is 1.64. The van der Waals surface area contributed by atoms with Crippen LogP contribution in [0.1, 0.15) is 23.2 Å². The molecule has 2 fully saturated rings. The van der Waals surface area contributed by atoms with Gasteiger partial charge in [0.2, 0.25) is 5.91 Å². The summed E-state index contributed by atoms with van der Waals surface area (Å²) in [5, 5.41) is 0. The lowest BCUT2D eigenvalue weighted by molar-refractivity contribution is -0.133. The lowest BCUT2D eigenvalue weighted by Crippen LogP contribution is -2.48. The largest absolute Gasteiger partial charge is 0.341 e. The molecule has 2 amide bonds. The predicted octanol–water partition coefficient (Wildman–Crippen LogP) is 2.08. The van der Waals surface area contributed by atoms with Crippen molar-refractivity contribution in [1.29, 1.82) is 0 Å². The molecule has 0 aromatic carbocycles. The maximum Gasteiger partial charge on any atom is 0.256 e. The van der Waals surface area contributed by atoms with Crippen molar-refractivity contribution in [2.24, 2.45) is 0 Å². The van der Waals surface area contributed by atoms with Gasteiger partial charge in [-0.3, -0.25) is 9.59 Å². The van der Waals surface area contributed by atoms with Crippen molar-refractivity contribution < 1.29 is 9.59 Å². The van der Waals surface area contributed by atoms with E-state index in [4.69, 9.17) is 0 Å². The zero-order valence-corrected chi connectivity index (χ0v) is 13.7. The Hall–Kier alpha value is -1.95. The average Bonchev–Trinajstić information content (AvgIpc) is 3.32. The molecule has 2 saturated heterocycles. The molecule has 2 aromatic heterocycles. The van der Waals surface area contributed by atoms with Crippen LogP contribution in [0.5, 0.6) is 0 Å². The van der Waals surface area contributed by atoms with E-state index in [1.165, 1.54) is 0 Å². The van der Waals surface area contributed by atoms with Crippen LogP contribution in [0.3, 0.4) is 0 Å². The van der Waals surface area contributed by atoms with Crippen molar-refractivity contribution in [3.8, 4) is 0 Å². The number of carbonyl (C=O) groups excluding carboxylic acids is 2. The molecule has 2 aliphatic rings. The lowest BCUT2D eigenvalue weighted by Gasteiger charge is -2.26. The molecule has 120 valence electrons. The minimum Gasteiger partial charge on any atom is -0.341 e. The van der Waals surface area contributed by atoms with Crippen LogP contribution in [-0.4, -0.2) is 56.8 Å². The van der Waals surface area contributed by atoms with Gasteiger partial charge in [-0.15, -0.1) is 11.8 Å². The second-order valence-electron chi connectivity index (χ2n) is 6.08. The maximum atomic E-state index is 12.9. The molecule has 2 aromatic rings. The number of likely N-dealkylation sites (tertiary alicyclic amines) is 1. The van der Waals surface area contributed by atoms with Gasteiger partial charge in [0, 0.05) is 36.8 Å². The first kappa shape index (κ1) is 14.6. The second kappa shape index (κ2) is 5.92. The average molecular weight is 329 g/mol. The molecule has 4 heterocycles. The molecule has 4 rings (SSSR count). The smallest absolute Gasteiger partial charge is 0.256 e. The Labute approximate surface area is 139 Å². The fourth-order valence-electron chi connectivity index (χ4n) is 3.33. The fraction of sp³-hybridized carbons (Fsp3) is 0.412. The zero-order valence-electron chi connectivity index (χ0n) is 12.9. The number of fused-ring (bicyclic) bond motifs is 1. The number of hydrogen-bond donors (Lipinski definition) is 0. The van der Waals surface area contributed by atoms with Crippen molar-refractivity contribution in [3.05, 3.63) is 42.2 Å². The van der Waals surface area contributed by atoms with E-state index in [2.05, 4.69) is 0 Å². The van der Waals surface area contributed by atoms with Crippen LogP contribution >= 0.6 is 11.8 Å². The number of amides is 2. The Morgan fingerprint density at radius 1 is 1.17 bits per heavy atom. The molecule has 5 nitrogen and oxygen atoms in total. The molecule has 0 spiro atoms. The van der Waals surface area contributed by atoms with Gasteiger partial charge in [-0.25, -0.2) is 0 Å². The number of carbonyl (C=O) groups is 2. The standard InChI is InChI=1S/C17H19N3O2S/c21-16(13-9-14-5-1-2-8-19(14)10-13)20-12-23-11-15(20)17(22)18-6-3-4-7-18/h1-2,5,8-10,15H,3-4,6-7,11-12H2/t15-/m0/s1. The van der Waals surface area contributed by atoms with Gasteiger partial charge < -0.3 is 14.2 Å². The van der Waals surface area contributed by atoms with Crippen molar-refractivity contribution in [1.82, 2.24) is 14.2 Å². The molecular formula is C17H19N3O2S. The Bertz CT molecular complexity index is 718.